The molecule has 23 heavy (non-hydrogen) atoms. The minimum atomic E-state index is -0.188. The number of aromatic nitrogens is 2. The molecule has 0 aliphatic rings. The van der Waals surface area contributed by atoms with Crippen LogP contribution in [-0.4, -0.2) is 15.9 Å². The van der Waals surface area contributed by atoms with Gasteiger partial charge in [-0.05, 0) is 43.7 Å². The number of amides is 1. The van der Waals surface area contributed by atoms with Crippen LogP contribution >= 0.6 is 0 Å². The van der Waals surface area contributed by atoms with Crippen molar-refractivity contribution in [1.29, 1.82) is 0 Å². The number of hydrogen-bond acceptors (Lipinski definition) is 3. The van der Waals surface area contributed by atoms with Gasteiger partial charge in [-0.3, -0.25) is 9.78 Å². The first kappa shape index (κ1) is 14.9. The van der Waals surface area contributed by atoms with Crippen molar-refractivity contribution in [2.24, 2.45) is 0 Å². The van der Waals surface area contributed by atoms with Gasteiger partial charge in [0.05, 0.1) is 22.9 Å². The minimum Gasteiger partial charge on any atom is -0.322 e. The van der Waals surface area contributed by atoms with E-state index < -0.39 is 0 Å². The number of fused-ring (bicyclic) bond motifs is 1. The molecule has 114 valence electrons. The standard InChI is InChI=1S/C19H17N3O/c1-13-7-9-16(14(2)11-13)22-19(23)10-8-15-12-20-17-5-3-4-6-18(17)21-15/h3-12H,1-2H3,(H,22,23)/b10-8+. The van der Waals surface area contributed by atoms with E-state index in [1.807, 2.05) is 56.3 Å². The fourth-order valence-electron chi connectivity index (χ4n) is 2.34. The third kappa shape index (κ3) is 3.61. The molecule has 0 atom stereocenters. The average molecular weight is 303 g/mol. The normalized spacial score (nSPS) is 11.0. The summed E-state index contributed by atoms with van der Waals surface area (Å²) in [4.78, 5) is 20.8. The van der Waals surface area contributed by atoms with E-state index in [0.29, 0.717) is 5.69 Å². The van der Waals surface area contributed by atoms with Crippen LogP contribution < -0.4 is 5.32 Å². The second-order valence-corrected chi connectivity index (χ2v) is 5.42. The number of nitrogens with one attached hydrogen (secondary N) is 1. The summed E-state index contributed by atoms with van der Waals surface area (Å²) >= 11 is 0. The van der Waals surface area contributed by atoms with E-state index in [-0.39, 0.29) is 5.91 Å². The molecule has 0 radical (unpaired) electrons. The van der Waals surface area contributed by atoms with Gasteiger partial charge < -0.3 is 5.32 Å². The van der Waals surface area contributed by atoms with E-state index in [1.165, 1.54) is 11.6 Å². The monoisotopic (exact) mass is 303 g/mol. The highest BCUT2D eigenvalue weighted by Gasteiger charge is 2.02. The quantitative estimate of drug-likeness (QED) is 0.747. The second kappa shape index (κ2) is 6.40. The molecule has 0 spiro atoms. The summed E-state index contributed by atoms with van der Waals surface area (Å²) in [5, 5.41) is 2.87. The highest BCUT2D eigenvalue weighted by Crippen LogP contribution is 2.16. The van der Waals surface area contributed by atoms with Crippen LogP contribution in [0.4, 0.5) is 5.69 Å². The van der Waals surface area contributed by atoms with Gasteiger partial charge in [-0.1, -0.05) is 29.8 Å². The van der Waals surface area contributed by atoms with Crippen molar-refractivity contribution in [3.05, 3.63) is 71.6 Å². The lowest BCUT2D eigenvalue weighted by Gasteiger charge is -2.07. The van der Waals surface area contributed by atoms with E-state index >= 15 is 0 Å². The lowest BCUT2D eigenvalue weighted by Crippen LogP contribution is -2.09. The maximum atomic E-state index is 12.0. The van der Waals surface area contributed by atoms with Crippen LogP contribution in [0.1, 0.15) is 16.8 Å². The second-order valence-electron chi connectivity index (χ2n) is 5.42. The van der Waals surface area contributed by atoms with Crippen LogP contribution in [0.3, 0.4) is 0 Å². The highest BCUT2D eigenvalue weighted by molar-refractivity contribution is 6.02. The lowest BCUT2D eigenvalue weighted by atomic mass is 10.1. The number of carbonyl (C=O) groups excluding carboxylic acids is 1. The van der Waals surface area contributed by atoms with Crippen LogP contribution in [0.15, 0.2) is 54.7 Å². The molecule has 1 heterocycles. The molecule has 0 unspecified atom stereocenters. The van der Waals surface area contributed by atoms with Gasteiger partial charge in [0.2, 0.25) is 5.91 Å². The summed E-state index contributed by atoms with van der Waals surface area (Å²) in [5.74, 6) is -0.188. The van der Waals surface area contributed by atoms with Gasteiger partial charge in [0.25, 0.3) is 0 Å². The number of hydrogen-bond donors (Lipinski definition) is 1. The summed E-state index contributed by atoms with van der Waals surface area (Å²) in [5.41, 5.74) is 5.32. The van der Waals surface area contributed by atoms with E-state index in [2.05, 4.69) is 15.3 Å². The molecule has 0 aliphatic carbocycles. The highest BCUT2D eigenvalue weighted by atomic mass is 16.1. The Morgan fingerprint density at radius 2 is 1.87 bits per heavy atom. The third-order valence-corrected chi connectivity index (χ3v) is 3.51. The number of aryl methyl sites for hydroxylation is 2. The first-order chi connectivity index (χ1) is 11.1. The van der Waals surface area contributed by atoms with Crippen LogP contribution in [0.25, 0.3) is 17.1 Å². The third-order valence-electron chi connectivity index (χ3n) is 3.51. The van der Waals surface area contributed by atoms with Crippen molar-refractivity contribution in [3.8, 4) is 0 Å². The number of carbonyl (C=O) groups is 1. The van der Waals surface area contributed by atoms with Crippen molar-refractivity contribution in [1.82, 2.24) is 9.97 Å². The predicted molar refractivity (Wildman–Crippen MR) is 93.1 cm³/mol. The van der Waals surface area contributed by atoms with Gasteiger partial charge >= 0.3 is 0 Å². The smallest absolute Gasteiger partial charge is 0.248 e. The molecule has 0 saturated heterocycles. The number of benzene rings is 2. The molecule has 4 heteroatoms. The Kier molecular flexibility index (Phi) is 4.15. The molecule has 0 bridgehead atoms. The molecule has 3 rings (SSSR count). The topological polar surface area (TPSA) is 54.9 Å². The van der Waals surface area contributed by atoms with Gasteiger partial charge in [-0.15, -0.1) is 0 Å². The fourth-order valence-corrected chi connectivity index (χ4v) is 2.34. The Bertz CT molecular complexity index is 900. The lowest BCUT2D eigenvalue weighted by molar-refractivity contribution is -0.111. The number of para-hydroxylation sites is 2. The predicted octanol–water partition coefficient (Wildman–Crippen LogP) is 3.90. The van der Waals surface area contributed by atoms with E-state index in [9.17, 15) is 4.79 Å². The zero-order valence-corrected chi connectivity index (χ0v) is 13.1. The Hall–Kier alpha value is -3.01. The molecular formula is C19H17N3O. The first-order valence-electron chi connectivity index (χ1n) is 7.40. The van der Waals surface area contributed by atoms with Gasteiger partial charge in [-0.25, -0.2) is 4.98 Å². The van der Waals surface area contributed by atoms with Gasteiger partial charge in [-0.2, -0.15) is 0 Å². The Labute approximate surface area is 134 Å². The molecule has 0 saturated carbocycles. The molecule has 4 nitrogen and oxygen atoms in total. The summed E-state index contributed by atoms with van der Waals surface area (Å²) in [6.45, 7) is 4.00. The van der Waals surface area contributed by atoms with Crippen molar-refractivity contribution in [2.75, 3.05) is 5.32 Å². The van der Waals surface area contributed by atoms with Crippen molar-refractivity contribution >= 4 is 28.7 Å². The van der Waals surface area contributed by atoms with Crippen LogP contribution in [0, 0.1) is 13.8 Å². The SMILES string of the molecule is Cc1ccc(NC(=O)/C=C/c2cnc3ccccc3n2)c(C)c1. The zero-order valence-electron chi connectivity index (χ0n) is 13.1. The maximum absolute atomic E-state index is 12.0. The Morgan fingerprint density at radius 3 is 2.65 bits per heavy atom. The molecular weight excluding hydrogens is 286 g/mol. The minimum absolute atomic E-state index is 0.188. The van der Waals surface area contributed by atoms with Gasteiger partial charge in [0.1, 0.15) is 0 Å². The molecule has 1 aromatic heterocycles. The summed E-state index contributed by atoms with van der Waals surface area (Å²) in [7, 11) is 0. The Morgan fingerprint density at radius 1 is 1.09 bits per heavy atom. The van der Waals surface area contributed by atoms with Crippen molar-refractivity contribution in [2.45, 2.75) is 13.8 Å². The molecule has 1 N–H and O–H groups in total. The number of anilines is 1. The van der Waals surface area contributed by atoms with E-state index in [4.69, 9.17) is 0 Å². The van der Waals surface area contributed by atoms with E-state index in [1.54, 1.807) is 12.3 Å². The average Bonchev–Trinajstić information content (AvgIpc) is 2.55. The van der Waals surface area contributed by atoms with Gasteiger partial charge in [0.15, 0.2) is 0 Å². The van der Waals surface area contributed by atoms with Crippen LogP contribution in [-0.2, 0) is 4.79 Å². The van der Waals surface area contributed by atoms with E-state index in [0.717, 1.165) is 22.3 Å². The molecule has 3 aromatic rings. The first-order valence-corrected chi connectivity index (χ1v) is 7.40. The maximum Gasteiger partial charge on any atom is 0.248 e. The van der Waals surface area contributed by atoms with Gasteiger partial charge in [0, 0.05) is 11.8 Å². The number of nitrogens with zero attached hydrogens (tertiary/aromatic N) is 2. The number of rotatable bonds is 3. The van der Waals surface area contributed by atoms with Crippen LogP contribution in [0.2, 0.25) is 0 Å². The fraction of sp³-hybridized carbons (Fsp3) is 0.105. The van der Waals surface area contributed by atoms with Crippen molar-refractivity contribution in [3.63, 3.8) is 0 Å². The van der Waals surface area contributed by atoms with Crippen LogP contribution in [0.5, 0.6) is 0 Å². The molecule has 2 aromatic carbocycles. The Balaban J connectivity index is 1.74. The summed E-state index contributed by atoms with van der Waals surface area (Å²) in [6.07, 6.45) is 4.79. The zero-order chi connectivity index (χ0) is 16.2. The molecule has 0 aliphatic heterocycles. The molecule has 1 amide bonds. The summed E-state index contributed by atoms with van der Waals surface area (Å²) < 4.78 is 0. The van der Waals surface area contributed by atoms with Crippen molar-refractivity contribution < 1.29 is 4.79 Å². The molecule has 0 fully saturated rings. The largest absolute Gasteiger partial charge is 0.322 e. The summed E-state index contributed by atoms with van der Waals surface area (Å²) in [6, 6.07) is 13.6.